The molecule has 0 radical (unpaired) electrons. The number of anilines is 1. The van der Waals surface area contributed by atoms with Crippen LogP contribution in [0.3, 0.4) is 0 Å². The number of amides is 1. The first-order chi connectivity index (χ1) is 17.5. The number of rotatable bonds is 8. The molecule has 1 aliphatic heterocycles. The molecule has 3 aromatic carbocycles. The largest absolute Gasteiger partial charge is 0.374 e. The normalized spacial score (nSPS) is 17.6. The summed E-state index contributed by atoms with van der Waals surface area (Å²) in [6.45, 7) is 3.64. The fourth-order valence-corrected chi connectivity index (χ4v) is 4.40. The molecule has 3 atom stereocenters. The van der Waals surface area contributed by atoms with Gasteiger partial charge in [0.25, 0.3) is 6.07 Å². The van der Waals surface area contributed by atoms with E-state index in [9.17, 15) is 9.90 Å². The third-order valence-corrected chi connectivity index (χ3v) is 6.26. The van der Waals surface area contributed by atoms with Crippen LogP contribution in [0.15, 0.2) is 109 Å². The molecule has 0 saturated heterocycles. The molecule has 2 N–H and O–H groups in total. The van der Waals surface area contributed by atoms with Crippen molar-refractivity contribution in [1.82, 2.24) is 5.32 Å². The molecule has 5 nitrogen and oxygen atoms in total. The Morgan fingerprint density at radius 3 is 2.22 bits per heavy atom. The minimum atomic E-state index is -0.918. The van der Waals surface area contributed by atoms with Crippen molar-refractivity contribution in [3.8, 4) is 17.2 Å². The second kappa shape index (κ2) is 12.0. The fourth-order valence-electron chi connectivity index (χ4n) is 4.40. The van der Waals surface area contributed by atoms with Gasteiger partial charge in [0.1, 0.15) is 18.7 Å². The topological polar surface area (TPSA) is 56.9 Å². The van der Waals surface area contributed by atoms with Crippen molar-refractivity contribution in [3.63, 3.8) is 0 Å². The van der Waals surface area contributed by atoms with E-state index in [0.717, 1.165) is 28.0 Å². The lowest BCUT2D eigenvalue weighted by Crippen LogP contribution is -2.52. The zero-order valence-corrected chi connectivity index (χ0v) is 20.7. The third-order valence-electron chi connectivity index (χ3n) is 6.26. The minimum absolute atomic E-state index is 0.197. The van der Waals surface area contributed by atoms with E-state index in [4.69, 9.17) is 0 Å². The molecule has 0 aromatic heterocycles. The van der Waals surface area contributed by atoms with Gasteiger partial charge in [-0.05, 0) is 53.9 Å². The first-order valence-electron chi connectivity index (χ1n) is 12.3. The lowest BCUT2D eigenvalue weighted by molar-refractivity contribution is -0.122. The summed E-state index contributed by atoms with van der Waals surface area (Å²) in [6.07, 6.45) is 5.97. The number of aliphatic hydroxyl groups excluding tert-OH is 1. The van der Waals surface area contributed by atoms with Crippen molar-refractivity contribution < 1.29 is 9.90 Å². The lowest BCUT2D eigenvalue weighted by atomic mass is 9.98. The highest BCUT2D eigenvalue weighted by Crippen LogP contribution is 2.29. The Labute approximate surface area is 213 Å². The van der Waals surface area contributed by atoms with Crippen molar-refractivity contribution in [2.75, 3.05) is 4.90 Å². The molecular weight excluding hydrogens is 446 g/mol. The molecule has 0 fully saturated rings. The molecule has 5 heteroatoms. The fraction of sp³-hybridized carbons (Fsp3) is 0.226. The summed E-state index contributed by atoms with van der Waals surface area (Å²) in [4.78, 5) is 19.9. The van der Waals surface area contributed by atoms with Gasteiger partial charge in [-0.15, -0.1) is 0 Å². The Bertz CT molecular complexity index is 1270. The summed E-state index contributed by atoms with van der Waals surface area (Å²) in [6, 6.07) is 29.9. The van der Waals surface area contributed by atoms with E-state index in [2.05, 4.69) is 28.4 Å². The predicted molar refractivity (Wildman–Crippen MR) is 147 cm³/mol. The summed E-state index contributed by atoms with van der Waals surface area (Å²) in [7, 11) is 0. The summed E-state index contributed by atoms with van der Waals surface area (Å²) < 4.78 is 0. The summed E-state index contributed by atoms with van der Waals surface area (Å²) >= 11 is 0. The highest BCUT2D eigenvalue weighted by atomic mass is 16.3. The number of aliphatic hydroxyl groups is 1. The molecule has 182 valence electrons. The minimum Gasteiger partial charge on any atom is -0.374 e. The van der Waals surface area contributed by atoms with E-state index in [-0.39, 0.29) is 11.9 Å². The van der Waals surface area contributed by atoms with Crippen molar-refractivity contribution in [1.29, 1.82) is 0 Å². The molecule has 4 rings (SSSR count). The van der Waals surface area contributed by atoms with Crippen molar-refractivity contribution in [2.45, 2.75) is 45.0 Å². The number of hydrogen-bond acceptors (Lipinski definition) is 3. The van der Waals surface area contributed by atoms with Gasteiger partial charge in [-0.25, -0.2) is 0 Å². The average molecular weight is 479 g/mol. The van der Waals surface area contributed by atoms with E-state index < -0.39 is 12.3 Å². The second-order valence-electron chi connectivity index (χ2n) is 8.87. The van der Waals surface area contributed by atoms with Gasteiger partial charge in [0.05, 0.1) is 6.04 Å². The van der Waals surface area contributed by atoms with Crippen LogP contribution < -0.4 is 10.2 Å². The quantitative estimate of drug-likeness (QED) is 0.295. The zero-order chi connectivity index (χ0) is 25.3. The van der Waals surface area contributed by atoms with Gasteiger partial charge >= 0.3 is 6.20 Å². The molecule has 0 aliphatic carbocycles. The van der Waals surface area contributed by atoms with Gasteiger partial charge in [0.2, 0.25) is 5.91 Å². The van der Waals surface area contributed by atoms with Crippen LogP contribution >= 0.6 is 0 Å². The smallest absolute Gasteiger partial charge is 0.307 e. The van der Waals surface area contributed by atoms with E-state index >= 15 is 0 Å². The van der Waals surface area contributed by atoms with Crippen LogP contribution in [0, 0.1) is 6.07 Å². The first-order valence-corrected chi connectivity index (χ1v) is 12.3. The van der Waals surface area contributed by atoms with E-state index in [1.807, 2.05) is 91.9 Å². The summed E-state index contributed by atoms with van der Waals surface area (Å²) in [5.74, 6) is -0.199. The number of carbonyl (C=O) groups excluding carboxylic acids is 1. The van der Waals surface area contributed by atoms with Gasteiger partial charge in [0, 0.05) is 11.3 Å². The molecule has 1 heterocycles. The van der Waals surface area contributed by atoms with Crippen LogP contribution in [0.5, 0.6) is 0 Å². The monoisotopic (exact) mass is 478 g/mol. The number of benzene rings is 3. The van der Waals surface area contributed by atoms with Gasteiger partial charge in [-0.2, -0.15) is 0 Å². The van der Waals surface area contributed by atoms with Crippen molar-refractivity contribution >= 4 is 11.6 Å². The van der Waals surface area contributed by atoms with Gasteiger partial charge < -0.3 is 15.3 Å². The van der Waals surface area contributed by atoms with Crippen molar-refractivity contribution in [2.24, 2.45) is 0 Å². The number of hydrogen-bond donors (Lipinski definition) is 2. The second-order valence-corrected chi connectivity index (χ2v) is 8.87. The summed E-state index contributed by atoms with van der Waals surface area (Å²) in [5, 5.41) is 14.1. The van der Waals surface area contributed by atoms with Crippen molar-refractivity contribution in [3.05, 3.63) is 119 Å². The Hall–Kier alpha value is -4.14. The van der Waals surface area contributed by atoms with Crippen LogP contribution in [0.25, 0.3) is 16.0 Å². The van der Waals surface area contributed by atoms with E-state index in [1.165, 1.54) is 0 Å². The van der Waals surface area contributed by atoms with Crippen LogP contribution in [0.1, 0.15) is 38.3 Å². The van der Waals surface area contributed by atoms with E-state index in [1.54, 1.807) is 18.0 Å². The molecule has 1 unspecified atom stereocenters. The average Bonchev–Trinajstić information content (AvgIpc) is 2.88. The van der Waals surface area contributed by atoms with Gasteiger partial charge in [0.15, 0.2) is 0 Å². The number of nitrogens with one attached hydrogen (secondary N) is 1. The number of nitrogens with zero attached hydrogens (tertiary/aromatic N) is 2. The molecule has 0 spiro atoms. The van der Waals surface area contributed by atoms with Gasteiger partial charge in [-0.1, -0.05) is 84.9 Å². The Morgan fingerprint density at radius 2 is 1.56 bits per heavy atom. The van der Waals surface area contributed by atoms with Crippen LogP contribution in [0.2, 0.25) is 0 Å². The Kier molecular flexibility index (Phi) is 8.33. The maximum Gasteiger partial charge on any atom is 0.307 e. The van der Waals surface area contributed by atoms with Gasteiger partial charge in [-0.3, -0.25) is 4.79 Å². The third kappa shape index (κ3) is 6.10. The predicted octanol–water partition coefficient (Wildman–Crippen LogP) is 6.31. The Balaban J connectivity index is 1.70. The molecule has 1 aliphatic rings. The molecule has 36 heavy (non-hydrogen) atoms. The Morgan fingerprint density at radius 1 is 0.917 bits per heavy atom. The molecule has 0 saturated carbocycles. The number of carbonyl (C=O) groups is 1. The zero-order valence-electron chi connectivity index (χ0n) is 20.7. The number of allylic oxidation sites excluding steroid dienone is 2. The molecule has 1 amide bonds. The standard InChI is InChI=1S/C31H31N3O2/c1-23(25-12-6-3-7-13-25)33-31(36)30(28-16-10-5-11-21-32-22-28)34(24(2)35)29-19-17-27(18-20-29)26-14-8-4-9-15-26/h3-10,12-15,17-20,22-24,30,35H,11,16H2,1-2H3/p+1/b10-5-,28-22+/t23-,24?,30+/m0/s1. The SMILES string of the molecule is CC(O)N(c1ccc(-c2ccccc2)cc1)[C@@H](C(=O)N[C@@H](C)c1ccccc1)/C1=C/[N+]#CC/C=C\C1. The highest BCUT2D eigenvalue weighted by molar-refractivity contribution is 5.89. The van der Waals surface area contributed by atoms with E-state index in [0.29, 0.717) is 12.8 Å². The first kappa shape index (κ1) is 25.0. The maximum atomic E-state index is 13.8. The molecule has 3 aromatic rings. The van der Waals surface area contributed by atoms with Crippen LogP contribution in [-0.4, -0.2) is 23.3 Å². The highest BCUT2D eigenvalue weighted by Gasteiger charge is 2.34. The molecular formula is C31H32N3O2+. The molecule has 0 bridgehead atoms. The van der Waals surface area contributed by atoms with Crippen LogP contribution in [0.4, 0.5) is 5.69 Å². The maximum absolute atomic E-state index is 13.8. The summed E-state index contributed by atoms with van der Waals surface area (Å²) in [5.41, 5.74) is 4.71. The van der Waals surface area contributed by atoms with Crippen LogP contribution in [-0.2, 0) is 4.79 Å². The lowest BCUT2D eigenvalue weighted by Gasteiger charge is -2.36.